The van der Waals surface area contributed by atoms with Gasteiger partial charge in [-0.15, -0.1) is 0 Å². The van der Waals surface area contributed by atoms with Crippen molar-refractivity contribution < 1.29 is 4.74 Å². The molecule has 0 aliphatic heterocycles. The first kappa shape index (κ1) is 8.65. The molecule has 0 bridgehead atoms. The first-order valence-electron chi connectivity index (χ1n) is 3.81. The molecule has 0 amide bonds. The maximum atomic E-state index is 5.25. The average molecular weight is 163 g/mol. The summed E-state index contributed by atoms with van der Waals surface area (Å²) in [5.41, 5.74) is 7.60. The van der Waals surface area contributed by atoms with Crippen LogP contribution in [0.15, 0.2) is 36.7 Å². The van der Waals surface area contributed by atoms with Crippen LogP contribution in [0.5, 0.6) is 0 Å². The molecule has 64 valence electrons. The molecular formula is C10H13NO. The van der Waals surface area contributed by atoms with E-state index in [-0.39, 0.29) is 5.88 Å². The first-order valence-corrected chi connectivity index (χ1v) is 3.81. The topological polar surface area (TPSA) is 35.2 Å². The highest BCUT2D eigenvalue weighted by Crippen LogP contribution is 2.04. The molecule has 0 saturated heterocycles. The quantitative estimate of drug-likeness (QED) is 0.691. The Hall–Kier alpha value is -1.44. The maximum absolute atomic E-state index is 5.25. The first-order chi connectivity index (χ1) is 5.68. The lowest BCUT2D eigenvalue weighted by Crippen LogP contribution is -2.00. The van der Waals surface area contributed by atoms with Crippen LogP contribution in [0.1, 0.15) is 11.1 Å². The number of nitrogens with two attached hydrogens (primary N) is 1. The molecule has 0 heterocycles. The van der Waals surface area contributed by atoms with Gasteiger partial charge in [0, 0.05) is 0 Å². The Labute approximate surface area is 72.7 Å². The summed E-state index contributed by atoms with van der Waals surface area (Å²) in [6, 6.07) is 8.10. The molecule has 12 heavy (non-hydrogen) atoms. The van der Waals surface area contributed by atoms with Crippen molar-refractivity contribution in [3.8, 4) is 0 Å². The largest absolute Gasteiger partial charge is 0.475 e. The summed E-state index contributed by atoms with van der Waals surface area (Å²) < 4.78 is 5.05. The van der Waals surface area contributed by atoms with Gasteiger partial charge in [0.05, 0.1) is 0 Å². The van der Waals surface area contributed by atoms with Crippen LogP contribution in [0.3, 0.4) is 0 Å². The fourth-order valence-electron chi connectivity index (χ4n) is 0.860. The summed E-state index contributed by atoms with van der Waals surface area (Å²) in [4.78, 5) is 0. The average Bonchev–Trinajstić information content (AvgIpc) is 2.03. The van der Waals surface area contributed by atoms with Crippen LogP contribution >= 0.6 is 0 Å². The van der Waals surface area contributed by atoms with Crippen molar-refractivity contribution in [3.63, 3.8) is 0 Å². The third kappa shape index (κ3) is 2.66. The van der Waals surface area contributed by atoms with Gasteiger partial charge in [0.1, 0.15) is 6.61 Å². The number of benzene rings is 1. The highest BCUT2D eigenvalue weighted by molar-refractivity contribution is 5.20. The van der Waals surface area contributed by atoms with Crippen LogP contribution in [0.2, 0.25) is 0 Å². The molecule has 0 spiro atoms. The van der Waals surface area contributed by atoms with Gasteiger partial charge in [-0.25, -0.2) is 0 Å². The number of aryl methyl sites for hydroxylation is 1. The highest BCUT2D eigenvalue weighted by Gasteiger charge is 1.92. The van der Waals surface area contributed by atoms with Gasteiger partial charge in [-0.2, -0.15) is 0 Å². The summed E-state index contributed by atoms with van der Waals surface area (Å²) in [5.74, 6) is 0.260. The molecule has 0 unspecified atom stereocenters. The molecule has 2 N–H and O–H groups in total. The molecule has 0 saturated carbocycles. The van der Waals surface area contributed by atoms with E-state index in [9.17, 15) is 0 Å². The van der Waals surface area contributed by atoms with E-state index in [1.807, 2.05) is 31.2 Å². The van der Waals surface area contributed by atoms with E-state index in [2.05, 4.69) is 6.58 Å². The minimum Gasteiger partial charge on any atom is -0.475 e. The predicted molar refractivity (Wildman–Crippen MR) is 49.3 cm³/mol. The second-order valence-electron chi connectivity index (χ2n) is 2.74. The molecular weight excluding hydrogens is 150 g/mol. The standard InChI is InChI=1S/C10H13NO/c1-8-3-5-10(6-4-8)7-12-9(2)11/h3-6H,2,7,11H2,1H3. The van der Waals surface area contributed by atoms with Gasteiger partial charge in [-0.05, 0) is 19.1 Å². The normalized spacial score (nSPS) is 9.42. The van der Waals surface area contributed by atoms with Crippen molar-refractivity contribution in [3.05, 3.63) is 47.9 Å². The van der Waals surface area contributed by atoms with Gasteiger partial charge in [-0.1, -0.05) is 29.8 Å². The summed E-state index contributed by atoms with van der Waals surface area (Å²) in [6.07, 6.45) is 0. The van der Waals surface area contributed by atoms with Gasteiger partial charge in [0.25, 0.3) is 0 Å². The Morgan fingerprint density at radius 2 is 2.00 bits per heavy atom. The summed E-state index contributed by atoms with van der Waals surface area (Å²) >= 11 is 0. The second kappa shape index (κ2) is 3.81. The van der Waals surface area contributed by atoms with Crippen LogP contribution in [0.4, 0.5) is 0 Å². The SMILES string of the molecule is C=C(N)OCc1ccc(C)cc1. The van der Waals surface area contributed by atoms with Crippen molar-refractivity contribution in [2.24, 2.45) is 5.73 Å². The van der Waals surface area contributed by atoms with Crippen LogP contribution in [-0.4, -0.2) is 0 Å². The second-order valence-corrected chi connectivity index (χ2v) is 2.74. The molecule has 0 aliphatic rings. The molecule has 1 rings (SSSR count). The molecule has 0 aliphatic carbocycles. The van der Waals surface area contributed by atoms with E-state index in [1.54, 1.807) is 0 Å². The molecule has 0 fully saturated rings. The molecule has 2 nitrogen and oxygen atoms in total. The van der Waals surface area contributed by atoms with Crippen molar-refractivity contribution >= 4 is 0 Å². The number of hydrogen-bond acceptors (Lipinski definition) is 2. The molecule has 0 atom stereocenters. The zero-order chi connectivity index (χ0) is 8.97. The van der Waals surface area contributed by atoms with E-state index in [1.165, 1.54) is 5.56 Å². The van der Waals surface area contributed by atoms with E-state index < -0.39 is 0 Å². The lowest BCUT2D eigenvalue weighted by atomic mass is 10.2. The van der Waals surface area contributed by atoms with Crippen LogP contribution in [0.25, 0.3) is 0 Å². The van der Waals surface area contributed by atoms with Crippen molar-refractivity contribution in [1.82, 2.24) is 0 Å². The zero-order valence-electron chi connectivity index (χ0n) is 7.21. The van der Waals surface area contributed by atoms with Gasteiger partial charge in [0.2, 0.25) is 0 Å². The van der Waals surface area contributed by atoms with E-state index in [0.717, 1.165) is 5.56 Å². The summed E-state index contributed by atoms with van der Waals surface area (Å²) in [7, 11) is 0. The Kier molecular flexibility index (Phi) is 2.75. The van der Waals surface area contributed by atoms with Crippen molar-refractivity contribution in [2.45, 2.75) is 13.5 Å². The minimum absolute atomic E-state index is 0.260. The van der Waals surface area contributed by atoms with Crippen LogP contribution in [-0.2, 0) is 11.3 Å². The number of ether oxygens (including phenoxy) is 1. The Balaban J connectivity index is 2.53. The smallest absolute Gasteiger partial charge is 0.176 e. The van der Waals surface area contributed by atoms with Gasteiger partial charge in [-0.3, -0.25) is 0 Å². The summed E-state index contributed by atoms with van der Waals surface area (Å²) in [5, 5.41) is 0. The maximum Gasteiger partial charge on any atom is 0.176 e. The molecule has 0 radical (unpaired) electrons. The van der Waals surface area contributed by atoms with Crippen LogP contribution < -0.4 is 5.73 Å². The van der Waals surface area contributed by atoms with Crippen molar-refractivity contribution in [1.29, 1.82) is 0 Å². The Bertz CT molecular complexity index is 264. The van der Waals surface area contributed by atoms with E-state index in [4.69, 9.17) is 10.5 Å². The molecule has 2 heteroatoms. The fourth-order valence-corrected chi connectivity index (χ4v) is 0.860. The van der Waals surface area contributed by atoms with Gasteiger partial charge in [0.15, 0.2) is 5.88 Å². The Morgan fingerprint density at radius 1 is 1.42 bits per heavy atom. The molecule has 0 aromatic heterocycles. The summed E-state index contributed by atoms with van der Waals surface area (Å²) in [6.45, 7) is 5.99. The molecule has 1 aromatic carbocycles. The van der Waals surface area contributed by atoms with Gasteiger partial charge < -0.3 is 10.5 Å². The fraction of sp³-hybridized carbons (Fsp3) is 0.200. The zero-order valence-corrected chi connectivity index (χ0v) is 7.21. The van der Waals surface area contributed by atoms with Gasteiger partial charge >= 0.3 is 0 Å². The third-order valence-corrected chi connectivity index (χ3v) is 1.54. The monoisotopic (exact) mass is 163 g/mol. The predicted octanol–water partition coefficient (Wildman–Crippen LogP) is 1.94. The Morgan fingerprint density at radius 3 is 2.50 bits per heavy atom. The number of hydrogen-bond donors (Lipinski definition) is 1. The number of rotatable bonds is 3. The highest BCUT2D eigenvalue weighted by atomic mass is 16.5. The van der Waals surface area contributed by atoms with Crippen molar-refractivity contribution in [2.75, 3.05) is 0 Å². The molecule has 1 aromatic rings. The van der Waals surface area contributed by atoms with E-state index >= 15 is 0 Å². The third-order valence-electron chi connectivity index (χ3n) is 1.54. The van der Waals surface area contributed by atoms with E-state index in [0.29, 0.717) is 6.61 Å². The lowest BCUT2D eigenvalue weighted by Gasteiger charge is -2.04. The van der Waals surface area contributed by atoms with Crippen LogP contribution in [0, 0.1) is 6.92 Å². The lowest BCUT2D eigenvalue weighted by molar-refractivity contribution is 0.197. The minimum atomic E-state index is 0.260.